The quantitative estimate of drug-likeness (QED) is 0.552. The van der Waals surface area contributed by atoms with Crippen LogP contribution in [0.5, 0.6) is 0 Å². The van der Waals surface area contributed by atoms with Gasteiger partial charge in [-0.2, -0.15) is 0 Å². The highest BCUT2D eigenvalue weighted by atomic mass is 16.1. The van der Waals surface area contributed by atoms with Crippen LogP contribution in [0.2, 0.25) is 0 Å². The van der Waals surface area contributed by atoms with Gasteiger partial charge in [-0.25, -0.2) is 0 Å². The molecular formula is C22H23N5O. The van der Waals surface area contributed by atoms with Crippen LogP contribution in [0.1, 0.15) is 5.56 Å². The summed E-state index contributed by atoms with van der Waals surface area (Å²) in [5.41, 5.74) is 6.25. The second-order valence-corrected chi connectivity index (χ2v) is 7.27. The third-order valence-corrected chi connectivity index (χ3v) is 4.98. The number of fused-ring (bicyclic) bond motifs is 1. The van der Waals surface area contributed by atoms with Crippen molar-refractivity contribution < 1.29 is 0 Å². The third kappa shape index (κ3) is 3.12. The Hall–Kier alpha value is -3.25. The largest absolute Gasteiger partial charge is 0.305 e. The van der Waals surface area contributed by atoms with E-state index < -0.39 is 0 Å². The highest BCUT2D eigenvalue weighted by molar-refractivity contribution is 5.86. The standard InChI is InChI=1S/C22H23N5O/c1-25(2)14-15-6-5-7-16(12-15)20-21(26(3)27(4)22(20)28)17-8-9-18-19(13-17)24-11-10-23-18/h5-13H,14H2,1-4H3. The summed E-state index contributed by atoms with van der Waals surface area (Å²) in [6, 6.07) is 14.1. The summed E-state index contributed by atoms with van der Waals surface area (Å²) in [5.74, 6) is 0. The molecule has 0 aliphatic rings. The Morgan fingerprint density at radius 1 is 0.893 bits per heavy atom. The molecule has 0 spiro atoms. The van der Waals surface area contributed by atoms with E-state index in [4.69, 9.17) is 0 Å². The zero-order chi connectivity index (χ0) is 19.8. The van der Waals surface area contributed by atoms with Crippen molar-refractivity contribution in [1.82, 2.24) is 24.2 Å². The molecule has 0 bridgehead atoms. The monoisotopic (exact) mass is 373 g/mol. The Morgan fingerprint density at radius 3 is 2.39 bits per heavy atom. The molecule has 4 aromatic rings. The number of rotatable bonds is 4. The van der Waals surface area contributed by atoms with E-state index in [-0.39, 0.29) is 5.56 Å². The van der Waals surface area contributed by atoms with E-state index in [0.717, 1.165) is 34.4 Å². The molecule has 6 heteroatoms. The summed E-state index contributed by atoms with van der Waals surface area (Å²) in [6.07, 6.45) is 3.36. The molecule has 0 N–H and O–H groups in total. The minimum absolute atomic E-state index is 0.0151. The van der Waals surface area contributed by atoms with Gasteiger partial charge in [-0.3, -0.25) is 24.1 Å². The van der Waals surface area contributed by atoms with Gasteiger partial charge in [0.05, 0.1) is 22.3 Å². The zero-order valence-corrected chi connectivity index (χ0v) is 16.5. The predicted octanol–water partition coefficient (Wildman–Crippen LogP) is 3.06. The summed E-state index contributed by atoms with van der Waals surface area (Å²) in [7, 11) is 7.77. The number of benzene rings is 2. The average molecular weight is 373 g/mol. The van der Waals surface area contributed by atoms with Crippen molar-refractivity contribution in [3.8, 4) is 22.4 Å². The molecule has 2 aromatic heterocycles. The van der Waals surface area contributed by atoms with E-state index in [1.807, 2.05) is 56.2 Å². The lowest BCUT2D eigenvalue weighted by Gasteiger charge is -2.12. The first-order valence-electron chi connectivity index (χ1n) is 9.17. The van der Waals surface area contributed by atoms with Crippen LogP contribution in [0.3, 0.4) is 0 Å². The molecule has 0 fully saturated rings. The van der Waals surface area contributed by atoms with E-state index in [2.05, 4.69) is 27.0 Å². The third-order valence-electron chi connectivity index (χ3n) is 4.98. The van der Waals surface area contributed by atoms with Crippen LogP contribution < -0.4 is 5.56 Å². The number of aromatic nitrogens is 4. The van der Waals surface area contributed by atoms with Gasteiger partial charge in [-0.15, -0.1) is 0 Å². The second-order valence-electron chi connectivity index (χ2n) is 7.27. The smallest absolute Gasteiger partial charge is 0.274 e. The molecule has 0 aliphatic carbocycles. The number of nitrogens with zero attached hydrogens (tertiary/aromatic N) is 5. The van der Waals surface area contributed by atoms with Crippen LogP contribution in [0, 0.1) is 0 Å². The fourth-order valence-corrected chi connectivity index (χ4v) is 3.60. The highest BCUT2D eigenvalue weighted by Gasteiger charge is 2.20. The van der Waals surface area contributed by atoms with Gasteiger partial charge in [0.25, 0.3) is 5.56 Å². The van der Waals surface area contributed by atoms with Crippen molar-refractivity contribution in [1.29, 1.82) is 0 Å². The maximum atomic E-state index is 13.1. The van der Waals surface area contributed by atoms with Gasteiger partial charge >= 0.3 is 0 Å². The predicted molar refractivity (Wildman–Crippen MR) is 112 cm³/mol. The second kappa shape index (κ2) is 7.05. The van der Waals surface area contributed by atoms with Crippen LogP contribution in [0.15, 0.2) is 59.7 Å². The van der Waals surface area contributed by atoms with Crippen LogP contribution in [0.4, 0.5) is 0 Å². The summed E-state index contributed by atoms with van der Waals surface area (Å²) in [6.45, 7) is 0.821. The molecule has 6 nitrogen and oxygen atoms in total. The van der Waals surface area contributed by atoms with Gasteiger partial charge in [0.15, 0.2) is 0 Å². The Labute approximate surface area is 163 Å². The Morgan fingerprint density at radius 2 is 1.64 bits per heavy atom. The van der Waals surface area contributed by atoms with E-state index in [9.17, 15) is 4.79 Å². The van der Waals surface area contributed by atoms with E-state index >= 15 is 0 Å². The number of hydrogen-bond acceptors (Lipinski definition) is 4. The molecule has 0 saturated heterocycles. The normalized spacial score (nSPS) is 11.5. The van der Waals surface area contributed by atoms with Crippen LogP contribution in [-0.4, -0.2) is 38.3 Å². The lowest BCUT2D eigenvalue weighted by atomic mass is 9.99. The van der Waals surface area contributed by atoms with Crippen LogP contribution >= 0.6 is 0 Å². The lowest BCUT2D eigenvalue weighted by Crippen LogP contribution is -2.17. The molecule has 28 heavy (non-hydrogen) atoms. The molecule has 2 aromatic carbocycles. The molecule has 0 saturated carbocycles. The minimum atomic E-state index is -0.0151. The van der Waals surface area contributed by atoms with Crippen molar-refractivity contribution in [2.24, 2.45) is 14.1 Å². The van der Waals surface area contributed by atoms with Gasteiger partial charge in [-0.1, -0.05) is 24.3 Å². The fraction of sp³-hybridized carbons (Fsp3) is 0.227. The molecule has 0 unspecified atom stereocenters. The van der Waals surface area contributed by atoms with Gasteiger partial charge in [0.1, 0.15) is 0 Å². The molecule has 0 amide bonds. The molecule has 0 atom stereocenters. The Bertz CT molecular complexity index is 1220. The van der Waals surface area contributed by atoms with Crippen LogP contribution in [-0.2, 0) is 20.6 Å². The Balaban J connectivity index is 1.94. The van der Waals surface area contributed by atoms with Crippen molar-refractivity contribution in [2.45, 2.75) is 6.54 Å². The number of hydrogen-bond donors (Lipinski definition) is 0. The first kappa shape index (κ1) is 18.1. The van der Waals surface area contributed by atoms with Gasteiger partial charge < -0.3 is 4.90 Å². The topological polar surface area (TPSA) is 56.0 Å². The van der Waals surface area contributed by atoms with Gasteiger partial charge in [0, 0.05) is 38.6 Å². The minimum Gasteiger partial charge on any atom is -0.305 e. The van der Waals surface area contributed by atoms with Crippen LogP contribution in [0.25, 0.3) is 33.4 Å². The van der Waals surface area contributed by atoms with E-state index in [1.165, 1.54) is 5.56 Å². The summed E-state index contributed by atoms with van der Waals surface area (Å²) >= 11 is 0. The van der Waals surface area contributed by atoms with Crippen molar-refractivity contribution in [3.05, 3.63) is 70.8 Å². The summed E-state index contributed by atoms with van der Waals surface area (Å²) in [5, 5.41) is 0. The average Bonchev–Trinajstić information content (AvgIpc) is 2.91. The maximum Gasteiger partial charge on any atom is 0.274 e. The first-order valence-corrected chi connectivity index (χ1v) is 9.17. The summed E-state index contributed by atoms with van der Waals surface area (Å²) in [4.78, 5) is 24.0. The maximum absolute atomic E-state index is 13.1. The SMILES string of the molecule is CN(C)Cc1cccc(-c2c(-c3ccc4nccnc4c3)n(C)n(C)c2=O)c1. The Kier molecular flexibility index (Phi) is 4.57. The lowest BCUT2D eigenvalue weighted by molar-refractivity contribution is 0.402. The highest BCUT2D eigenvalue weighted by Crippen LogP contribution is 2.31. The zero-order valence-electron chi connectivity index (χ0n) is 16.5. The summed E-state index contributed by atoms with van der Waals surface area (Å²) < 4.78 is 3.54. The van der Waals surface area contributed by atoms with Crippen molar-refractivity contribution >= 4 is 11.0 Å². The van der Waals surface area contributed by atoms with Crippen molar-refractivity contribution in [3.63, 3.8) is 0 Å². The van der Waals surface area contributed by atoms with E-state index in [0.29, 0.717) is 5.56 Å². The molecule has 0 radical (unpaired) electrons. The van der Waals surface area contributed by atoms with Gasteiger partial charge in [-0.05, 0) is 43.4 Å². The molecular weight excluding hydrogens is 350 g/mol. The molecule has 4 rings (SSSR count). The fourth-order valence-electron chi connectivity index (χ4n) is 3.60. The first-order chi connectivity index (χ1) is 13.5. The van der Waals surface area contributed by atoms with E-state index in [1.54, 1.807) is 24.1 Å². The van der Waals surface area contributed by atoms with Gasteiger partial charge in [0.2, 0.25) is 0 Å². The van der Waals surface area contributed by atoms with Crippen molar-refractivity contribution in [2.75, 3.05) is 14.1 Å². The molecule has 0 aliphatic heterocycles. The molecule has 2 heterocycles. The molecule has 142 valence electrons.